The normalized spacial score (nSPS) is 11.0. The number of nitrogens with zero attached hydrogens (tertiary/aromatic N) is 3. The molecule has 5 nitrogen and oxygen atoms in total. The summed E-state index contributed by atoms with van der Waals surface area (Å²) in [5.41, 5.74) is 4.34. The zero-order valence-corrected chi connectivity index (χ0v) is 15.3. The van der Waals surface area contributed by atoms with Gasteiger partial charge in [-0.3, -0.25) is 9.48 Å². The molecule has 4 rings (SSSR count). The fourth-order valence-electron chi connectivity index (χ4n) is 3.33. The summed E-state index contributed by atoms with van der Waals surface area (Å²) in [6.45, 7) is 3.51. The number of hydrogen-bond donors (Lipinski definition) is 1. The van der Waals surface area contributed by atoms with Gasteiger partial charge >= 0.3 is 0 Å². The molecule has 2 aromatic carbocycles. The Morgan fingerprint density at radius 3 is 2.63 bits per heavy atom. The van der Waals surface area contributed by atoms with Crippen LogP contribution in [-0.4, -0.2) is 26.8 Å². The zero-order valence-electron chi connectivity index (χ0n) is 15.3. The van der Waals surface area contributed by atoms with E-state index < -0.39 is 0 Å². The van der Waals surface area contributed by atoms with Crippen LogP contribution in [0.1, 0.15) is 5.56 Å². The van der Waals surface area contributed by atoms with E-state index in [0.29, 0.717) is 13.1 Å². The SMILES string of the molecule is Cc1cnn(CCNC(=O)Cn2c(-c3ccccc3)cc3ccccc32)c1. The minimum absolute atomic E-state index is 0.00240. The maximum absolute atomic E-state index is 12.6. The highest BCUT2D eigenvalue weighted by atomic mass is 16.1. The van der Waals surface area contributed by atoms with Crippen LogP contribution < -0.4 is 5.32 Å². The van der Waals surface area contributed by atoms with Gasteiger partial charge in [0.25, 0.3) is 0 Å². The smallest absolute Gasteiger partial charge is 0.240 e. The Hall–Kier alpha value is -3.34. The van der Waals surface area contributed by atoms with Crippen molar-refractivity contribution >= 4 is 16.8 Å². The Labute approximate surface area is 158 Å². The monoisotopic (exact) mass is 358 g/mol. The molecule has 1 amide bonds. The van der Waals surface area contributed by atoms with Gasteiger partial charge < -0.3 is 9.88 Å². The summed E-state index contributed by atoms with van der Waals surface area (Å²) in [4.78, 5) is 12.6. The minimum atomic E-state index is -0.00240. The first-order chi connectivity index (χ1) is 13.2. The second kappa shape index (κ2) is 7.50. The zero-order chi connectivity index (χ0) is 18.6. The molecule has 0 bridgehead atoms. The van der Waals surface area contributed by atoms with Crippen LogP contribution in [0.25, 0.3) is 22.2 Å². The predicted molar refractivity (Wildman–Crippen MR) is 107 cm³/mol. The van der Waals surface area contributed by atoms with E-state index in [1.54, 1.807) is 0 Å². The van der Waals surface area contributed by atoms with E-state index in [0.717, 1.165) is 27.7 Å². The lowest BCUT2D eigenvalue weighted by Crippen LogP contribution is -2.30. The molecule has 0 aliphatic carbocycles. The third kappa shape index (κ3) is 3.77. The summed E-state index contributed by atoms with van der Waals surface area (Å²) in [5.74, 6) is -0.00240. The molecule has 4 aromatic rings. The molecule has 0 spiro atoms. The Balaban J connectivity index is 1.53. The van der Waals surface area contributed by atoms with Gasteiger partial charge in [-0.15, -0.1) is 0 Å². The Morgan fingerprint density at radius 1 is 1.07 bits per heavy atom. The number of aryl methyl sites for hydroxylation is 1. The van der Waals surface area contributed by atoms with Crippen LogP contribution in [0.15, 0.2) is 73.1 Å². The molecule has 27 heavy (non-hydrogen) atoms. The van der Waals surface area contributed by atoms with Crippen LogP contribution in [0.4, 0.5) is 0 Å². The number of aromatic nitrogens is 3. The van der Waals surface area contributed by atoms with Crippen molar-refractivity contribution in [1.29, 1.82) is 0 Å². The fraction of sp³-hybridized carbons (Fsp3) is 0.182. The van der Waals surface area contributed by atoms with Crippen LogP contribution in [-0.2, 0) is 17.9 Å². The molecular weight excluding hydrogens is 336 g/mol. The fourth-order valence-corrected chi connectivity index (χ4v) is 3.33. The average Bonchev–Trinajstić information content (AvgIpc) is 3.26. The van der Waals surface area contributed by atoms with Gasteiger partial charge in [0.1, 0.15) is 6.54 Å². The highest BCUT2D eigenvalue weighted by Gasteiger charge is 2.13. The molecule has 0 fully saturated rings. The number of para-hydroxylation sites is 1. The van der Waals surface area contributed by atoms with E-state index in [1.807, 2.05) is 54.3 Å². The molecule has 2 aromatic heterocycles. The molecule has 0 unspecified atom stereocenters. The second-order valence-electron chi connectivity index (χ2n) is 6.67. The van der Waals surface area contributed by atoms with Gasteiger partial charge in [-0.05, 0) is 30.2 Å². The van der Waals surface area contributed by atoms with Gasteiger partial charge in [0.15, 0.2) is 0 Å². The van der Waals surface area contributed by atoms with E-state index in [2.05, 4.69) is 45.3 Å². The van der Waals surface area contributed by atoms with Crippen molar-refractivity contribution in [2.24, 2.45) is 0 Å². The number of hydrogen-bond acceptors (Lipinski definition) is 2. The quantitative estimate of drug-likeness (QED) is 0.572. The van der Waals surface area contributed by atoms with E-state index in [4.69, 9.17) is 0 Å². The Morgan fingerprint density at radius 2 is 1.85 bits per heavy atom. The van der Waals surface area contributed by atoms with Crippen molar-refractivity contribution in [3.05, 3.63) is 78.6 Å². The molecule has 0 atom stereocenters. The van der Waals surface area contributed by atoms with Crippen LogP contribution in [0.2, 0.25) is 0 Å². The van der Waals surface area contributed by atoms with E-state index >= 15 is 0 Å². The number of benzene rings is 2. The third-order valence-corrected chi connectivity index (χ3v) is 4.61. The van der Waals surface area contributed by atoms with Gasteiger partial charge in [0, 0.05) is 29.3 Å². The molecule has 1 N–H and O–H groups in total. The predicted octanol–water partition coefficient (Wildman–Crippen LogP) is 3.63. The maximum Gasteiger partial charge on any atom is 0.240 e. The van der Waals surface area contributed by atoms with Crippen LogP contribution in [0.5, 0.6) is 0 Å². The van der Waals surface area contributed by atoms with Gasteiger partial charge in [0.2, 0.25) is 5.91 Å². The lowest BCUT2D eigenvalue weighted by atomic mass is 10.1. The number of nitrogens with one attached hydrogen (secondary N) is 1. The summed E-state index contributed by atoms with van der Waals surface area (Å²) < 4.78 is 3.92. The average molecular weight is 358 g/mol. The standard InChI is InChI=1S/C22H22N4O/c1-17-14-24-25(15-17)12-11-23-22(27)16-26-20-10-6-5-9-19(20)13-21(26)18-7-3-2-4-8-18/h2-10,13-15H,11-12,16H2,1H3,(H,23,27). The van der Waals surface area contributed by atoms with Crippen molar-refractivity contribution in [3.63, 3.8) is 0 Å². The number of fused-ring (bicyclic) bond motifs is 1. The summed E-state index contributed by atoms with van der Waals surface area (Å²) in [7, 11) is 0. The van der Waals surface area contributed by atoms with Gasteiger partial charge in [-0.1, -0.05) is 48.5 Å². The molecule has 136 valence electrons. The molecule has 0 saturated carbocycles. The molecule has 2 heterocycles. The first-order valence-electron chi connectivity index (χ1n) is 9.10. The van der Waals surface area contributed by atoms with Crippen molar-refractivity contribution in [2.45, 2.75) is 20.0 Å². The highest BCUT2D eigenvalue weighted by Crippen LogP contribution is 2.28. The molecule has 0 radical (unpaired) electrons. The van der Waals surface area contributed by atoms with Crippen LogP contribution in [0, 0.1) is 6.92 Å². The van der Waals surface area contributed by atoms with Gasteiger partial charge in [-0.25, -0.2) is 0 Å². The molecule has 0 aliphatic heterocycles. The van der Waals surface area contributed by atoms with E-state index in [-0.39, 0.29) is 12.5 Å². The van der Waals surface area contributed by atoms with Gasteiger partial charge in [0.05, 0.1) is 12.7 Å². The number of rotatable bonds is 6. The minimum Gasteiger partial charge on any atom is -0.353 e. The van der Waals surface area contributed by atoms with Crippen molar-refractivity contribution in [1.82, 2.24) is 19.7 Å². The lowest BCUT2D eigenvalue weighted by molar-refractivity contribution is -0.121. The van der Waals surface area contributed by atoms with E-state index in [9.17, 15) is 4.79 Å². The topological polar surface area (TPSA) is 51.9 Å². The molecule has 5 heteroatoms. The van der Waals surface area contributed by atoms with Gasteiger partial charge in [-0.2, -0.15) is 5.10 Å². The third-order valence-electron chi connectivity index (χ3n) is 4.61. The van der Waals surface area contributed by atoms with Crippen molar-refractivity contribution < 1.29 is 4.79 Å². The second-order valence-corrected chi connectivity index (χ2v) is 6.67. The summed E-state index contributed by atoms with van der Waals surface area (Å²) in [6.07, 6.45) is 3.79. The largest absolute Gasteiger partial charge is 0.353 e. The summed E-state index contributed by atoms with van der Waals surface area (Å²) >= 11 is 0. The number of amides is 1. The summed E-state index contributed by atoms with van der Waals surface area (Å²) in [5, 5.41) is 8.38. The van der Waals surface area contributed by atoms with Crippen LogP contribution in [0.3, 0.4) is 0 Å². The van der Waals surface area contributed by atoms with Crippen molar-refractivity contribution in [3.8, 4) is 11.3 Å². The first-order valence-corrected chi connectivity index (χ1v) is 9.10. The molecular formula is C22H22N4O. The number of carbonyl (C=O) groups is 1. The highest BCUT2D eigenvalue weighted by molar-refractivity contribution is 5.89. The Bertz CT molecular complexity index is 1060. The first kappa shape index (κ1) is 17.1. The maximum atomic E-state index is 12.6. The van der Waals surface area contributed by atoms with E-state index in [1.165, 1.54) is 0 Å². The molecule has 0 saturated heterocycles. The lowest BCUT2D eigenvalue weighted by Gasteiger charge is -2.12. The number of carbonyl (C=O) groups excluding carboxylic acids is 1. The Kier molecular flexibility index (Phi) is 4.75. The molecule has 0 aliphatic rings. The van der Waals surface area contributed by atoms with Crippen LogP contribution >= 0.6 is 0 Å². The van der Waals surface area contributed by atoms with Crippen molar-refractivity contribution in [2.75, 3.05) is 6.54 Å². The summed E-state index contributed by atoms with van der Waals surface area (Å²) in [6, 6.07) is 20.5.